The van der Waals surface area contributed by atoms with Crippen LogP contribution in [0.3, 0.4) is 0 Å². The summed E-state index contributed by atoms with van der Waals surface area (Å²) in [6, 6.07) is 0. The second-order valence-electron chi connectivity index (χ2n) is 2.35. The van der Waals surface area contributed by atoms with Crippen molar-refractivity contribution in [3.63, 3.8) is 0 Å². The van der Waals surface area contributed by atoms with Crippen molar-refractivity contribution in [2.45, 2.75) is 4.58 Å². The highest BCUT2D eigenvalue weighted by atomic mass is 32.2. The molecule has 0 spiro atoms. The molecule has 2 rings (SSSR count). The molecule has 1 aliphatic rings. The molecule has 1 amide bonds. The van der Waals surface area contributed by atoms with Crippen LogP contribution >= 0.6 is 35.1 Å². The fraction of sp³-hybridized carbons (Fsp3) is 0.500. The van der Waals surface area contributed by atoms with Crippen LogP contribution in [0.2, 0.25) is 0 Å². The van der Waals surface area contributed by atoms with E-state index in [2.05, 4.69) is 14.9 Å². The van der Waals surface area contributed by atoms with Crippen LogP contribution < -0.4 is 5.32 Å². The Bertz CT molecular complexity index is 283. The third kappa shape index (κ3) is 2.35. The lowest BCUT2D eigenvalue weighted by Gasteiger charge is -2.05. The number of anilines is 1. The first-order valence-electron chi connectivity index (χ1n) is 3.67. The van der Waals surface area contributed by atoms with Gasteiger partial charge in [0, 0.05) is 11.5 Å². The molecule has 70 valence electrons. The van der Waals surface area contributed by atoms with E-state index in [9.17, 15) is 4.79 Å². The van der Waals surface area contributed by atoms with Gasteiger partial charge < -0.3 is 5.32 Å². The lowest BCUT2D eigenvalue weighted by atomic mass is 10.6. The van der Waals surface area contributed by atoms with Gasteiger partial charge in [0.05, 0.1) is 5.38 Å². The molecule has 0 unspecified atom stereocenters. The summed E-state index contributed by atoms with van der Waals surface area (Å²) >= 11 is 4.59. The number of nitrogens with one attached hydrogen (secondary N) is 1. The molecule has 1 aromatic heterocycles. The Hall–Kier alpha value is -0.270. The zero-order chi connectivity index (χ0) is 9.10. The van der Waals surface area contributed by atoms with E-state index in [0.29, 0.717) is 5.82 Å². The highest BCUT2D eigenvalue weighted by molar-refractivity contribution is 8.21. The maximum absolute atomic E-state index is 11.5. The minimum atomic E-state index is 0.0280. The van der Waals surface area contributed by atoms with Gasteiger partial charge in [-0.3, -0.25) is 4.79 Å². The van der Waals surface area contributed by atoms with Gasteiger partial charge in [-0.2, -0.15) is 0 Å². The molecule has 0 saturated carbocycles. The summed E-state index contributed by atoms with van der Waals surface area (Å²) < 4.78 is 3.69. The molecule has 0 bridgehead atoms. The highest BCUT2D eigenvalue weighted by Crippen LogP contribution is 2.32. The molecule has 0 aliphatic carbocycles. The van der Waals surface area contributed by atoms with E-state index in [-0.39, 0.29) is 10.5 Å². The molecule has 0 aromatic carbocycles. The Kier molecular flexibility index (Phi) is 3.07. The summed E-state index contributed by atoms with van der Waals surface area (Å²) in [7, 11) is 0. The average Bonchev–Trinajstić information content (AvgIpc) is 2.74. The van der Waals surface area contributed by atoms with Crippen LogP contribution in [0.5, 0.6) is 0 Å². The predicted octanol–water partition coefficient (Wildman–Crippen LogP) is 1.28. The van der Waals surface area contributed by atoms with E-state index >= 15 is 0 Å². The molecule has 1 N–H and O–H groups in total. The van der Waals surface area contributed by atoms with Crippen LogP contribution in [0.15, 0.2) is 5.38 Å². The third-order valence-electron chi connectivity index (χ3n) is 1.45. The number of rotatable bonds is 2. The molecule has 0 radical (unpaired) electrons. The van der Waals surface area contributed by atoms with Crippen LogP contribution in [0.25, 0.3) is 0 Å². The quantitative estimate of drug-likeness (QED) is 0.834. The molecule has 1 aromatic rings. The third-order valence-corrected chi connectivity index (χ3v) is 4.94. The number of carbonyl (C=O) groups is 1. The zero-order valence-corrected chi connectivity index (χ0v) is 9.05. The molecule has 1 fully saturated rings. The molecular formula is C6H7N3OS3. The summed E-state index contributed by atoms with van der Waals surface area (Å²) in [5, 5.41) is 8.19. The van der Waals surface area contributed by atoms with Crippen molar-refractivity contribution in [1.29, 1.82) is 0 Å². The Labute approximate surface area is 88.0 Å². The van der Waals surface area contributed by atoms with Crippen molar-refractivity contribution in [2.24, 2.45) is 0 Å². The van der Waals surface area contributed by atoms with Crippen molar-refractivity contribution in [3.05, 3.63) is 5.38 Å². The van der Waals surface area contributed by atoms with Crippen LogP contribution in [0.4, 0.5) is 5.82 Å². The van der Waals surface area contributed by atoms with Gasteiger partial charge >= 0.3 is 0 Å². The van der Waals surface area contributed by atoms with Crippen LogP contribution in [0.1, 0.15) is 0 Å². The van der Waals surface area contributed by atoms with Gasteiger partial charge in [0.15, 0.2) is 5.82 Å². The van der Waals surface area contributed by atoms with Crippen molar-refractivity contribution in [3.8, 4) is 0 Å². The van der Waals surface area contributed by atoms with E-state index in [4.69, 9.17) is 0 Å². The fourth-order valence-corrected chi connectivity index (χ4v) is 3.88. The smallest absolute Gasteiger partial charge is 0.248 e. The van der Waals surface area contributed by atoms with Crippen molar-refractivity contribution in [2.75, 3.05) is 16.8 Å². The first-order chi connectivity index (χ1) is 6.36. The molecular weight excluding hydrogens is 226 g/mol. The monoisotopic (exact) mass is 233 g/mol. The molecule has 4 nitrogen and oxygen atoms in total. The number of hydrogen-bond acceptors (Lipinski definition) is 6. The minimum Gasteiger partial charge on any atom is -0.307 e. The van der Waals surface area contributed by atoms with Gasteiger partial charge in [-0.1, -0.05) is 4.49 Å². The van der Waals surface area contributed by atoms with Crippen LogP contribution in [-0.2, 0) is 4.79 Å². The van der Waals surface area contributed by atoms with Gasteiger partial charge in [-0.05, 0) is 11.5 Å². The second kappa shape index (κ2) is 4.30. The first-order valence-corrected chi connectivity index (χ1v) is 6.61. The summed E-state index contributed by atoms with van der Waals surface area (Å²) in [4.78, 5) is 11.5. The molecule has 0 atom stereocenters. The average molecular weight is 233 g/mol. The number of amides is 1. The minimum absolute atomic E-state index is 0.0280. The van der Waals surface area contributed by atoms with E-state index in [1.807, 2.05) is 0 Å². The van der Waals surface area contributed by atoms with Gasteiger partial charge in [-0.25, -0.2) is 0 Å². The van der Waals surface area contributed by atoms with E-state index in [1.54, 1.807) is 28.9 Å². The predicted molar refractivity (Wildman–Crippen MR) is 57.2 cm³/mol. The normalized spacial score (nSPS) is 17.5. The van der Waals surface area contributed by atoms with E-state index in [0.717, 1.165) is 11.5 Å². The maximum atomic E-state index is 11.5. The molecule has 1 saturated heterocycles. The van der Waals surface area contributed by atoms with Crippen molar-refractivity contribution >= 4 is 46.8 Å². The number of hydrogen-bond donors (Lipinski definition) is 1. The Morgan fingerprint density at radius 1 is 1.54 bits per heavy atom. The van der Waals surface area contributed by atoms with E-state index < -0.39 is 0 Å². The van der Waals surface area contributed by atoms with Gasteiger partial charge in [0.1, 0.15) is 4.58 Å². The highest BCUT2D eigenvalue weighted by Gasteiger charge is 2.24. The number of carbonyl (C=O) groups excluding carboxylic acids is 1. The fourth-order valence-electron chi connectivity index (χ4n) is 0.914. The lowest BCUT2D eigenvalue weighted by molar-refractivity contribution is -0.114. The van der Waals surface area contributed by atoms with Crippen molar-refractivity contribution < 1.29 is 4.79 Å². The summed E-state index contributed by atoms with van der Waals surface area (Å²) in [6.07, 6.45) is 0. The van der Waals surface area contributed by atoms with Crippen LogP contribution in [-0.4, -0.2) is 31.6 Å². The van der Waals surface area contributed by atoms with E-state index in [1.165, 1.54) is 11.5 Å². The Morgan fingerprint density at radius 3 is 2.92 bits per heavy atom. The molecule has 1 aliphatic heterocycles. The molecule has 2 heterocycles. The van der Waals surface area contributed by atoms with Gasteiger partial charge in [0.25, 0.3) is 0 Å². The second-order valence-corrected chi connectivity index (χ2v) is 5.69. The number of thioether (sulfide) groups is 2. The Balaban J connectivity index is 1.91. The zero-order valence-electron chi connectivity index (χ0n) is 6.60. The summed E-state index contributed by atoms with van der Waals surface area (Å²) in [5.74, 6) is 2.69. The SMILES string of the molecule is O=C(Nc1csnn1)C1SCCS1. The maximum Gasteiger partial charge on any atom is 0.248 e. The van der Waals surface area contributed by atoms with Gasteiger partial charge in [-0.15, -0.1) is 28.6 Å². The lowest BCUT2D eigenvalue weighted by Crippen LogP contribution is -2.20. The number of aromatic nitrogens is 2. The topological polar surface area (TPSA) is 54.9 Å². The molecule has 13 heavy (non-hydrogen) atoms. The summed E-state index contributed by atoms with van der Waals surface area (Å²) in [5.41, 5.74) is 0. The van der Waals surface area contributed by atoms with Crippen LogP contribution in [0, 0.1) is 0 Å². The molecule has 7 heteroatoms. The van der Waals surface area contributed by atoms with Crippen molar-refractivity contribution in [1.82, 2.24) is 9.59 Å². The largest absolute Gasteiger partial charge is 0.307 e. The van der Waals surface area contributed by atoms with Gasteiger partial charge in [0.2, 0.25) is 5.91 Å². The summed E-state index contributed by atoms with van der Waals surface area (Å²) in [6.45, 7) is 0. The number of nitrogens with zero attached hydrogens (tertiary/aromatic N) is 2. The standard InChI is InChI=1S/C6H7N3OS3/c10-5(6-11-1-2-12-6)7-4-3-13-9-8-4/h3,6H,1-2H2,(H,7,10). The first kappa shape index (κ1) is 9.29. The Morgan fingerprint density at radius 2 is 2.31 bits per heavy atom.